The highest BCUT2D eigenvalue weighted by molar-refractivity contribution is 6.33. The molecule has 0 spiro atoms. The first kappa shape index (κ1) is 22.7. The molecule has 1 aromatic heterocycles. The van der Waals surface area contributed by atoms with Gasteiger partial charge in [-0.25, -0.2) is 4.79 Å². The fourth-order valence-corrected chi connectivity index (χ4v) is 2.91. The van der Waals surface area contributed by atoms with Gasteiger partial charge in [0.2, 0.25) is 0 Å². The van der Waals surface area contributed by atoms with Crippen LogP contribution in [0.4, 0.5) is 4.79 Å². The number of carbonyl (C=O) groups excluding carboxylic acids is 2. The Kier molecular flexibility index (Phi) is 7.30. The standard InChI is InChI=1S/C21H28ClN3O4/c1-12(2)16(24-20(27)28-21(4,5)6)11-23-19(26)17-13(3)29-25-18(17)14-9-7-8-10-15(14)22/h7-10,12,16H,11H2,1-6H3,(H,23,26)(H,24,27). The molecule has 0 saturated heterocycles. The average Bonchev–Trinajstić information content (AvgIpc) is 2.98. The largest absolute Gasteiger partial charge is 0.444 e. The van der Waals surface area contributed by atoms with Crippen LogP contribution in [0.2, 0.25) is 5.02 Å². The molecule has 2 N–H and O–H groups in total. The minimum atomic E-state index is -0.599. The van der Waals surface area contributed by atoms with E-state index in [-0.39, 0.29) is 24.4 Å². The van der Waals surface area contributed by atoms with Gasteiger partial charge in [0.15, 0.2) is 0 Å². The first-order chi connectivity index (χ1) is 13.5. The highest BCUT2D eigenvalue weighted by Gasteiger charge is 2.25. The van der Waals surface area contributed by atoms with Gasteiger partial charge < -0.3 is 19.9 Å². The molecule has 0 aliphatic carbocycles. The van der Waals surface area contributed by atoms with Crippen molar-refractivity contribution in [2.75, 3.05) is 6.54 Å². The number of carbonyl (C=O) groups is 2. The number of aromatic nitrogens is 1. The van der Waals surface area contributed by atoms with Gasteiger partial charge in [0, 0.05) is 12.1 Å². The van der Waals surface area contributed by atoms with Crippen LogP contribution in [0.3, 0.4) is 0 Å². The van der Waals surface area contributed by atoms with Gasteiger partial charge in [-0.2, -0.15) is 0 Å². The third kappa shape index (κ3) is 6.22. The van der Waals surface area contributed by atoms with Crippen LogP contribution in [0.1, 0.15) is 50.7 Å². The molecule has 1 aromatic carbocycles. The average molecular weight is 422 g/mol. The second-order valence-electron chi connectivity index (χ2n) is 8.15. The molecule has 2 amide bonds. The van der Waals surface area contributed by atoms with Crippen LogP contribution >= 0.6 is 11.6 Å². The third-order valence-corrected chi connectivity index (χ3v) is 4.54. The number of amides is 2. The Labute approximate surface area is 176 Å². The maximum absolute atomic E-state index is 12.9. The quantitative estimate of drug-likeness (QED) is 0.711. The number of nitrogens with one attached hydrogen (secondary N) is 2. The number of alkyl carbamates (subject to hydrolysis) is 1. The lowest BCUT2D eigenvalue weighted by Crippen LogP contribution is -2.48. The van der Waals surface area contributed by atoms with Crippen molar-refractivity contribution >= 4 is 23.6 Å². The molecule has 0 saturated carbocycles. The lowest BCUT2D eigenvalue weighted by atomic mass is 10.0. The smallest absolute Gasteiger partial charge is 0.407 e. The Morgan fingerprint density at radius 2 is 1.90 bits per heavy atom. The molecule has 1 unspecified atom stereocenters. The molecule has 0 aliphatic heterocycles. The summed E-state index contributed by atoms with van der Waals surface area (Å²) in [6.45, 7) is 11.2. The Hall–Kier alpha value is -2.54. The lowest BCUT2D eigenvalue weighted by Gasteiger charge is -2.26. The molecule has 2 aromatic rings. The molecule has 8 heteroatoms. The number of nitrogens with zero attached hydrogens (tertiary/aromatic N) is 1. The van der Waals surface area contributed by atoms with E-state index in [2.05, 4.69) is 15.8 Å². The van der Waals surface area contributed by atoms with Crippen LogP contribution in [0.15, 0.2) is 28.8 Å². The molecule has 29 heavy (non-hydrogen) atoms. The summed E-state index contributed by atoms with van der Waals surface area (Å²) in [5.41, 5.74) is 0.714. The Bertz CT molecular complexity index is 871. The molecular weight excluding hydrogens is 394 g/mol. The monoisotopic (exact) mass is 421 g/mol. The van der Waals surface area contributed by atoms with Gasteiger partial charge in [0.05, 0.1) is 11.1 Å². The molecule has 1 atom stereocenters. The number of halogens is 1. The van der Waals surface area contributed by atoms with E-state index in [1.807, 2.05) is 19.9 Å². The summed E-state index contributed by atoms with van der Waals surface area (Å²) in [5, 5.41) is 10.1. The van der Waals surface area contributed by atoms with E-state index in [1.165, 1.54) is 0 Å². The van der Waals surface area contributed by atoms with Crippen molar-refractivity contribution in [1.82, 2.24) is 15.8 Å². The van der Waals surface area contributed by atoms with Crippen molar-refractivity contribution in [2.24, 2.45) is 5.92 Å². The van der Waals surface area contributed by atoms with Gasteiger partial charge in [0.1, 0.15) is 22.6 Å². The zero-order valence-corrected chi connectivity index (χ0v) is 18.4. The first-order valence-corrected chi connectivity index (χ1v) is 9.86. The topological polar surface area (TPSA) is 93.5 Å². The maximum atomic E-state index is 12.9. The summed E-state index contributed by atoms with van der Waals surface area (Å²) in [6.07, 6.45) is -0.525. The summed E-state index contributed by atoms with van der Waals surface area (Å²) in [7, 11) is 0. The van der Waals surface area contributed by atoms with E-state index < -0.39 is 11.7 Å². The first-order valence-electron chi connectivity index (χ1n) is 9.48. The van der Waals surface area contributed by atoms with E-state index in [1.54, 1.807) is 45.9 Å². The summed E-state index contributed by atoms with van der Waals surface area (Å²) in [4.78, 5) is 25.0. The predicted octanol–water partition coefficient (Wildman–Crippen LogP) is 4.58. The molecule has 1 heterocycles. The van der Waals surface area contributed by atoms with Crippen molar-refractivity contribution in [2.45, 2.75) is 53.2 Å². The van der Waals surface area contributed by atoms with E-state index in [4.69, 9.17) is 20.9 Å². The third-order valence-electron chi connectivity index (χ3n) is 4.21. The van der Waals surface area contributed by atoms with Gasteiger partial charge in [-0.15, -0.1) is 0 Å². The molecule has 0 radical (unpaired) electrons. The molecule has 2 rings (SSSR count). The van der Waals surface area contributed by atoms with Crippen molar-refractivity contribution in [3.05, 3.63) is 40.6 Å². The molecule has 0 aliphatic rings. The van der Waals surface area contributed by atoms with Crippen LogP contribution in [-0.2, 0) is 4.74 Å². The Balaban J connectivity index is 2.13. The fraction of sp³-hybridized carbons (Fsp3) is 0.476. The Morgan fingerprint density at radius 1 is 1.24 bits per heavy atom. The number of benzene rings is 1. The summed E-state index contributed by atoms with van der Waals surface area (Å²) in [6, 6.07) is 6.80. The van der Waals surface area contributed by atoms with Crippen LogP contribution in [0, 0.1) is 12.8 Å². The molecular formula is C21H28ClN3O4. The predicted molar refractivity (Wildman–Crippen MR) is 112 cm³/mol. The van der Waals surface area contributed by atoms with Crippen molar-refractivity contribution < 1.29 is 18.8 Å². The SMILES string of the molecule is Cc1onc(-c2ccccc2Cl)c1C(=O)NCC(NC(=O)OC(C)(C)C)C(C)C. The number of rotatable bonds is 6. The van der Waals surface area contributed by atoms with Crippen LogP contribution in [0.25, 0.3) is 11.3 Å². The van der Waals surface area contributed by atoms with E-state index in [0.717, 1.165) is 0 Å². The van der Waals surface area contributed by atoms with Crippen LogP contribution < -0.4 is 10.6 Å². The van der Waals surface area contributed by atoms with Gasteiger partial charge >= 0.3 is 6.09 Å². The molecule has 0 fully saturated rings. The second-order valence-corrected chi connectivity index (χ2v) is 8.56. The van der Waals surface area contributed by atoms with Crippen LogP contribution in [0.5, 0.6) is 0 Å². The second kappa shape index (κ2) is 9.31. The van der Waals surface area contributed by atoms with E-state index in [0.29, 0.717) is 27.6 Å². The summed E-state index contributed by atoms with van der Waals surface area (Å²) in [5.74, 6) is 0.114. The van der Waals surface area contributed by atoms with Crippen molar-refractivity contribution in [3.63, 3.8) is 0 Å². The van der Waals surface area contributed by atoms with Gasteiger partial charge in [-0.05, 0) is 39.7 Å². The summed E-state index contributed by atoms with van der Waals surface area (Å²) >= 11 is 6.25. The van der Waals surface area contributed by atoms with Gasteiger partial charge in [0.25, 0.3) is 5.91 Å². The minimum Gasteiger partial charge on any atom is -0.444 e. The minimum absolute atomic E-state index is 0.0782. The van der Waals surface area contributed by atoms with E-state index in [9.17, 15) is 9.59 Å². The fourth-order valence-electron chi connectivity index (χ4n) is 2.68. The number of aryl methyl sites for hydroxylation is 1. The highest BCUT2D eigenvalue weighted by atomic mass is 35.5. The molecule has 0 bridgehead atoms. The lowest BCUT2D eigenvalue weighted by molar-refractivity contribution is 0.0487. The van der Waals surface area contributed by atoms with Gasteiger partial charge in [-0.3, -0.25) is 4.79 Å². The zero-order valence-electron chi connectivity index (χ0n) is 17.6. The highest BCUT2D eigenvalue weighted by Crippen LogP contribution is 2.30. The van der Waals surface area contributed by atoms with Crippen molar-refractivity contribution in [1.29, 1.82) is 0 Å². The van der Waals surface area contributed by atoms with Gasteiger partial charge in [-0.1, -0.05) is 48.8 Å². The maximum Gasteiger partial charge on any atom is 0.407 e. The Morgan fingerprint density at radius 3 is 2.48 bits per heavy atom. The number of hydrogen-bond acceptors (Lipinski definition) is 5. The van der Waals surface area contributed by atoms with Crippen molar-refractivity contribution in [3.8, 4) is 11.3 Å². The number of hydrogen-bond donors (Lipinski definition) is 2. The summed E-state index contributed by atoms with van der Waals surface area (Å²) < 4.78 is 10.5. The number of ether oxygens (including phenoxy) is 1. The van der Waals surface area contributed by atoms with E-state index >= 15 is 0 Å². The molecule has 158 valence electrons. The normalized spacial score (nSPS) is 12.6. The van der Waals surface area contributed by atoms with Crippen LogP contribution in [-0.4, -0.2) is 35.3 Å². The molecule has 7 nitrogen and oxygen atoms in total. The zero-order chi connectivity index (χ0) is 21.8.